The summed E-state index contributed by atoms with van der Waals surface area (Å²) in [7, 11) is 1.79. The quantitative estimate of drug-likeness (QED) is 0.491. The lowest BCUT2D eigenvalue weighted by molar-refractivity contribution is -0.130. The van der Waals surface area contributed by atoms with Crippen molar-refractivity contribution in [2.24, 2.45) is 0 Å². The summed E-state index contributed by atoms with van der Waals surface area (Å²) in [4.78, 5) is 35.0. The van der Waals surface area contributed by atoms with Gasteiger partial charge in [0.1, 0.15) is 0 Å². The second-order valence-corrected chi connectivity index (χ2v) is 9.48. The lowest BCUT2D eigenvalue weighted by Crippen LogP contribution is -2.46. The molecule has 1 atom stereocenters. The van der Waals surface area contributed by atoms with Crippen LogP contribution in [0.5, 0.6) is 0 Å². The fraction of sp³-hybridized carbons (Fsp3) is 0.345. The lowest BCUT2D eigenvalue weighted by atomic mass is 9.84. The number of aromatic nitrogens is 1. The van der Waals surface area contributed by atoms with Gasteiger partial charge >= 0.3 is 6.03 Å². The molecular weight excluding hydrogens is 452 g/mol. The third-order valence-electron chi connectivity index (χ3n) is 7.57. The summed E-state index contributed by atoms with van der Waals surface area (Å²) in [5.41, 5.74) is 0.888. The zero-order valence-electron chi connectivity index (χ0n) is 20.6. The van der Waals surface area contributed by atoms with Crippen molar-refractivity contribution in [2.45, 2.75) is 30.4 Å². The number of likely N-dealkylation sites (tertiary alicyclic amines) is 1. The summed E-state index contributed by atoms with van der Waals surface area (Å²) in [6.07, 6.45) is 4.17. The molecule has 186 valence electrons. The van der Waals surface area contributed by atoms with E-state index in [1.807, 2.05) is 42.5 Å². The number of amides is 3. The van der Waals surface area contributed by atoms with Crippen LogP contribution in [0, 0.1) is 0 Å². The van der Waals surface area contributed by atoms with Crippen molar-refractivity contribution in [2.75, 3.05) is 33.3 Å². The van der Waals surface area contributed by atoms with Crippen molar-refractivity contribution >= 4 is 11.9 Å². The Morgan fingerprint density at radius 1 is 0.861 bits per heavy atom. The molecule has 7 heteroatoms. The Kier molecular flexibility index (Phi) is 6.85. The van der Waals surface area contributed by atoms with Gasteiger partial charge < -0.3 is 15.0 Å². The number of benzene rings is 2. The monoisotopic (exact) mass is 484 g/mol. The van der Waals surface area contributed by atoms with Crippen molar-refractivity contribution in [3.63, 3.8) is 0 Å². The number of piperidine rings is 1. The highest BCUT2D eigenvalue weighted by atomic mass is 16.5. The minimum absolute atomic E-state index is 0.249. The van der Waals surface area contributed by atoms with Gasteiger partial charge in [-0.05, 0) is 49.1 Å². The lowest BCUT2D eigenvalue weighted by Gasteiger charge is -2.41. The Morgan fingerprint density at radius 3 is 2.11 bits per heavy atom. The average molecular weight is 485 g/mol. The topological polar surface area (TPSA) is 74.8 Å². The van der Waals surface area contributed by atoms with Gasteiger partial charge in [-0.2, -0.15) is 0 Å². The molecule has 0 saturated carbocycles. The largest absolute Gasteiger partial charge is 0.373 e. The summed E-state index contributed by atoms with van der Waals surface area (Å²) >= 11 is 0. The molecule has 0 aliphatic carbocycles. The van der Waals surface area contributed by atoms with Crippen molar-refractivity contribution in [1.82, 2.24) is 20.1 Å². The third kappa shape index (κ3) is 4.29. The molecule has 0 radical (unpaired) electrons. The Bertz CT molecular complexity index is 1140. The fourth-order valence-corrected chi connectivity index (χ4v) is 5.51. The summed E-state index contributed by atoms with van der Waals surface area (Å²) < 4.78 is 6.00. The van der Waals surface area contributed by atoms with E-state index in [4.69, 9.17) is 4.74 Å². The minimum Gasteiger partial charge on any atom is -0.373 e. The maximum Gasteiger partial charge on any atom is 0.325 e. The molecule has 36 heavy (non-hydrogen) atoms. The van der Waals surface area contributed by atoms with Gasteiger partial charge in [0.15, 0.2) is 5.54 Å². The first-order valence-electron chi connectivity index (χ1n) is 12.5. The van der Waals surface area contributed by atoms with Gasteiger partial charge in [0, 0.05) is 32.9 Å². The number of nitrogens with zero attached hydrogens (tertiary/aromatic N) is 3. The molecule has 5 rings (SSSR count). The summed E-state index contributed by atoms with van der Waals surface area (Å²) in [5.74, 6) is -0.279. The van der Waals surface area contributed by atoms with Crippen molar-refractivity contribution in [3.8, 4) is 0 Å². The number of carbonyl (C=O) groups excluding carboxylic acids is 2. The smallest absolute Gasteiger partial charge is 0.325 e. The first kappa shape index (κ1) is 24.2. The average Bonchev–Trinajstić information content (AvgIpc) is 3.21. The Hall–Kier alpha value is -3.55. The highest BCUT2D eigenvalue weighted by Crippen LogP contribution is 2.37. The van der Waals surface area contributed by atoms with Crippen LogP contribution in [0.15, 0.2) is 85.1 Å². The Balaban J connectivity index is 1.24. The molecule has 2 aliphatic heterocycles. The third-order valence-corrected chi connectivity index (χ3v) is 7.57. The van der Waals surface area contributed by atoms with E-state index in [0.717, 1.165) is 32.5 Å². The molecule has 7 nitrogen and oxygen atoms in total. The highest BCUT2D eigenvalue weighted by molar-refractivity contribution is 6.09. The van der Waals surface area contributed by atoms with E-state index in [-0.39, 0.29) is 17.5 Å². The van der Waals surface area contributed by atoms with Gasteiger partial charge in [0.2, 0.25) is 0 Å². The number of ether oxygens (including phenoxy) is 1. The SMILES string of the molecule is COC1(c2ccccc2)CCN(CCCN2C(=O)NC(c3ccccc3)(c3ccccn3)C2=O)CC1. The van der Waals surface area contributed by atoms with E-state index in [1.54, 1.807) is 25.4 Å². The number of rotatable bonds is 8. The van der Waals surface area contributed by atoms with Crippen LogP contribution in [0.4, 0.5) is 4.79 Å². The van der Waals surface area contributed by atoms with E-state index < -0.39 is 5.54 Å². The van der Waals surface area contributed by atoms with E-state index in [0.29, 0.717) is 24.2 Å². The van der Waals surface area contributed by atoms with Crippen LogP contribution in [-0.4, -0.2) is 60.0 Å². The maximum atomic E-state index is 13.8. The van der Waals surface area contributed by atoms with Gasteiger partial charge in [-0.25, -0.2) is 4.79 Å². The van der Waals surface area contributed by atoms with E-state index >= 15 is 0 Å². The predicted molar refractivity (Wildman–Crippen MR) is 137 cm³/mol. The number of carbonyl (C=O) groups is 2. The van der Waals surface area contributed by atoms with E-state index in [9.17, 15) is 9.59 Å². The van der Waals surface area contributed by atoms with Gasteiger partial charge in [-0.3, -0.25) is 14.7 Å². The second kappa shape index (κ2) is 10.2. The van der Waals surface area contributed by atoms with Crippen LogP contribution in [0.25, 0.3) is 0 Å². The standard InChI is InChI=1S/C29H32N4O3/c1-36-28(23-11-4-2-5-12-23)16-21-32(22-17-28)19-10-20-33-26(34)29(31-27(33)35,24-13-6-3-7-14-24)25-15-8-9-18-30-25/h2-9,11-15,18H,10,16-17,19-22H2,1H3,(H,31,35). The van der Waals surface area contributed by atoms with E-state index in [2.05, 4.69) is 39.5 Å². The molecule has 3 amide bonds. The van der Waals surface area contributed by atoms with Gasteiger partial charge in [0.25, 0.3) is 5.91 Å². The van der Waals surface area contributed by atoms with Crippen molar-refractivity contribution in [3.05, 3.63) is 102 Å². The van der Waals surface area contributed by atoms with Crippen molar-refractivity contribution in [1.29, 1.82) is 0 Å². The number of hydrogen-bond acceptors (Lipinski definition) is 5. The van der Waals surface area contributed by atoms with Gasteiger partial charge in [-0.15, -0.1) is 0 Å². The Labute approximate surface area is 212 Å². The number of imide groups is 1. The van der Waals surface area contributed by atoms with E-state index in [1.165, 1.54) is 10.5 Å². The summed E-state index contributed by atoms with van der Waals surface area (Å²) in [5, 5.41) is 2.97. The molecule has 1 unspecified atom stereocenters. The molecular formula is C29H32N4O3. The molecule has 0 bridgehead atoms. The highest BCUT2D eigenvalue weighted by Gasteiger charge is 2.54. The molecule has 2 aliphatic rings. The van der Waals surface area contributed by atoms with Gasteiger partial charge in [-0.1, -0.05) is 66.7 Å². The summed E-state index contributed by atoms with van der Waals surface area (Å²) in [6.45, 7) is 2.99. The zero-order chi connectivity index (χ0) is 25.0. The van der Waals surface area contributed by atoms with Crippen LogP contribution in [0.3, 0.4) is 0 Å². The maximum absolute atomic E-state index is 13.8. The normalized spacial score (nSPS) is 22.0. The number of nitrogens with one attached hydrogen (secondary N) is 1. The molecule has 2 saturated heterocycles. The number of hydrogen-bond donors (Lipinski definition) is 1. The molecule has 2 fully saturated rings. The molecule has 1 N–H and O–H groups in total. The molecule has 0 spiro atoms. The zero-order valence-corrected chi connectivity index (χ0v) is 20.6. The minimum atomic E-state index is -1.31. The first-order valence-corrected chi connectivity index (χ1v) is 12.5. The van der Waals surface area contributed by atoms with Gasteiger partial charge in [0.05, 0.1) is 11.3 Å². The number of pyridine rings is 1. The first-order chi connectivity index (χ1) is 17.6. The van der Waals surface area contributed by atoms with Crippen molar-refractivity contribution < 1.29 is 14.3 Å². The molecule has 2 aromatic carbocycles. The predicted octanol–water partition coefficient (Wildman–Crippen LogP) is 3.90. The Morgan fingerprint density at radius 2 is 1.50 bits per heavy atom. The van der Waals surface area contributed by atoms with Crippen LogP contribution < -0.4 is 5.32 Å². The van der Waals surface area contributed by atoms with Crippen LogP contribution in [-0.2, 0) is 20.7 Å². The number of methoxy groups -OCH3 is 1. The van der Waals surface area contributed by atoms with Crippen LogP contribution >= 0.6 is 0 Å². The fourth-order valence-electron chi connectivity index (χ4n) is 5.51. The number of urea groups is 1. The van der Waals surface area contributed by atoms with Crippen LogP contribution in [0.2, 0.25) is 0 Å². The summed E-state index contributed by atoms with van der Waals surface area (Å²) in [6, 6.07) is 24.8. The second-order valence-electron chi connectivity index (χ2n) is 9.48. The molecule has 3 heterocycles. The molecule has 3 aromatic rings. The molecule has 1 aromatic heterocycles. The van der Waals surface area contributed by atoms with Crippen LogP contribution in [0.1, 0.15) is 36.1 Å².